The monoisotopic (exact) mass is 307 g/mol. The fraction of sp³-hybridized carbons (Fsp3) is 0.643. The van der Waals surface area contributed by atoms with Gasteiger partial charge in [0.05, 0.1) is 0 Å². The SMILES string of the molecule is CCC(N)CC(CC(N)CC)c1ccncc1.Cl.Cl. The Morgan fingerprint density at radius 1 is 0.947 bits per heavy atom. The predicted molar refractivity (Wildman–Crippen MR) is 87.2 cm³/mol. The van der Waals surface area contributed by atoms with Gasteiger partial charge in [0.25, 0.3) is 0 Å². The van der Waals surface area contributed by atoms with Gasteiger partial charge in [0.15, 0.2) is 0 Å². The second-order valence-corrected chi connectivity index (χ2v) is 4.79. The molecule has 0 amide bonds. The molecule has 19 heavy (non-hydrogen) atoms. The van der Waals surface area contributed by atoms with Crippen molar-refractivity contribution in [2.45, 2.75) is 57.5 Å². The van der Waals surface area contributed by atoms with Crippen LogP contribution in [0.25, 0.3) is 0 Å². The van der Waals surface area contributed by atoms with E-state index in [0.717, 1.165) is 25.7 Å². The average molecular weight is 308 g/mol. The maximum Gasteiger partial charge on any atom is 0.0270 e. The average Bonchev–Trinajstić information content (AvgIpc) is 2.38. The topological polar surface area (TPSA) is 64.9 Å². The zero-order chi connectivity index (χ0) is 12.7. The molecule has 5 heteroatoms. The summed E-state index contributed by atoms with van der Waals surface area (Å²) in [7, 11) is 0. The molecule has 0 radical (unpaired) electrons. The van der Waals surface area contributed by atoms with Gasteiger partial charge in [-0.2, -0.15) is 0 Å². The van der Waals surface area contributed by atoms with E-state index in [1.54, 1.807) is 0 Å². The Hall–Kier alpha value is -0.350. The van der Waals surface area contributed by atoms with Crippen LogP contribution < -0.4 is 11.5 Å². The quantitative estimate of drug-likeness (QED) is 0.812. The number of halogens is 2. The largest absolute Gasteiger partial charge is 0.328 e. The lowest BCUT2D eigenvalue weighted by Gasteiger charge is -2.23. The van der Waals surface area contributed by atoms with E-state index in [1.807, 2.05) is 12.4 Å². The molecule has 2 unspecified atom stereocenters. The summed E-state index contributed by atoms with van der Waals surface area (Å²) < 4.78 is 0. The van der Waals surface area contributed by atoms with Gasteiger partial charge in [-0.1, -0.05) is 13.8 Å². The molecule has 0 saturated carbocycles. The number of pyridine rings is 1. The molecule has 1 rings (SSSR count). The van der Waals surface area contributed by atoms with Crippen molar-refractivity contribution in [2.75, 3.05) is 0 Å². The van der Waals surface area contributed by atoms with Crippen LogP contribution in [0.1, 0.15) is 51.0 Å². The first kappa shape index (κ1) is 21.0. The lowest BCUT2D eigenvalue weighted by Crippen LogP contribution is -2.27. The van der Waals surface area contributed by atoms with Crippen LogP contribution in [-0.2, 0) is 0 Å². The standard InChI is InChI=1S/C14H25N3.2ClH/c1-3-13(15)9-12(10-14(16)4-2)11-5-7-17-8-6-11;;/h5-8,12-14H,3-4,9-10,15-16H2,1-2H3;2*1H. The molecule has 0 aliphatic heterocycles. The van der Waals surface area contributed by atoms with Gasteiger partial charge in [0.2, 0.25) is 0 Å². The van der Waals surface area contributed by atoms with Crippen LogP contribution in [0.5, 0.6) is 0 Å². The summed E-state index contributed by atoms with van der Waals surface area (Å²) in [6, 6.07) is 4.68. The third-order valence-electron chi connectivity index (χ3n) is 3.40. The van der Waals surface area contributed by atoms with E-state index in [4.69, 9.17) is 11.5 Å². The summed E-state index contributed by atoms with van der Waals surface area (Å²) in [5.41, 5.74) is 13.5. The van der Waals surface area contributed by atoms with Gasteiger partial charge in [-0.05, 0) is 49.3 Å². The molecule has 112 valence electrons. The molecule has 1 aromatic heterocycles. The third-order valence-corrected chi connectivity index (χ3v) is 3.40. The van der Waals surface area contributed by atoms with E-state index in [-0.39, 0.29) is 36.9 Å². The molecule has 0 aliphatic carbocycles. The number of nitrogens with two attached hydrogens (primary N) is 2. The van der Waals surface area contributed by atoms with Gasteiger partial charge in [-0.25, -0.2) is 0 Å². The number of aromatic nitrogens is 1. The first-order valence-corrected chi connectivity index (χ1v) is 6.58. The Morgan fingerprint density at radius 3 is 1.74 bits per heavy atom. The fourth-order valence-electron chi connectivity index (χ4n) is 2.07. The van der Waals surface area contributed by atoms with Crippen molar-refractivity contribution in [3.8, 4) is 0 Å². The molecule has 0 fully saturated rings. The molecule has 1 aromatic rings. The number of nitrogens with zero attached hydrogens (tertiary/aromatic N) is 1. The van der Waals surface area contributed by atoms with E-state index < -0.39 is 0 Å². The molecule has 0 bridgehead atoms. The lowest BCUT2D eigenvalue weighted by molar-refractivity contribution is 0.447. The molecule has 4 N–H and O–H groups in total. The van der Waals surface area contributed by atoms with E-state index >= 15 is 0 Å². The van der Waals surface area contributed by atoms with Crippen LogP contribution in [0.3, 0.4) is 0 Å². The smallest absolute Gasteiger partial charge is 0.0270 e. The van der Waals surface area contributed by atoms with Crippen molar-refractivity contribution in [1.29, 1.82) is 0 Å². The molecule has 0 spiro atoms. The molecule has 1 heterocycles. The highest BCUT2D eigenvalue weighted by atomic mass is 35.5. The number of hydrogen-bond donors (Lipinski definition) is 2. The molecule has 0 aliphatic rings. The highest BCUT2D eigenvalue weighted by molar-refractivity contribution is 5.85. The van der Waals surface area contributed by atoms with Crippen molar-refractivity contribution in [3.63, 3.8) is 0 Å². The Morgan fingerprint density at radius 2 is 1.37 bits per heavy atom. The summed E-state index contributed by atoms with van der Waals surface area (Å²) >= 11 is 0. The third kappa shape index (κ3) is 7.73. The van der Waals surface area contributed by atoms with Gasteiger partial charge in [-0.3, -0.25) is 4.98 Å². The van der Waals surface area contributed by atoms with Crippen molar-refractivity contribution >= 4 is 24.8 Å². The highest BCUT2D eigenvalue weighted by Gasteiger charge is 2.17. The zero-order valence-electron chi connectivity index (χ0n) is 11.8. The summed E-state index contributed by atoms with van der Waals surface area (Å²) in [5.74, 6) is 0.461. The van der Waals surface area contributed by atoms with Crippen LogP contribution in [0, 0.1) is 0 Å². The van der Waals surface area contributed by atoms with E-state index in [9.17, 15) is 0 Å². The highest BCUT2D eigenvalue weighted by Crippen LogP contribution is 2.26. The van der Waals surface area contributed by atoms with Crippen molar-refractivity contribution in [2.24, 2.45) is 11.5 Å². The Bertz CT molecular complexity index is 297. The zero-order valence-corrected chi connectivity index (χ0v) is 13.4. The van der Waals surface area contributed by atoms with Crippen LogP contribution in [0.4, 0.5) is 0 Å². The first-order valence-electron chi connectivity index (χ1n) is 6.58. The maximum absolute atomic E-state index is 6.07. The van der Waals surface area contributed by atoms with E-state index in [0.29, 0.717) is 5.92 Å². The number of hydrogen-bond acceptors (Lipinski definition) is 3. The van der Waals surface area contributed by atoms with Crippen LogP contribution in [0.15, 0.2) is 24.5 Å². The van der Waals surface area contributed by atoms with Crippen LogP contribution >= 0.6 is 24.8 Å². The Kier molecular flexibility index (Phi) is 12.7. The number of rotatable bonds is 7. The van der Waals surface area contributed by atoms with Crippen molar-refractivity contribution < 1.29 is 0 Å². The first-order chi connectivity index (χ1) is 8.17. The minimum absolute atomic E-state index is 0. The van der Waals surface area contributed by atoms with E-state index in [1.165, 1.54) is 5.56 Å². The van der Waals surface area contributed by atoms with E-state index in [2.05, 4.69) is 31.0 Å². The molecular weight excluding hydrogens is 281 g/mol. The van der Waals surface area contributed by atoms with Gasteiger partial charge in [-0.15, -0.1) is 24.8 Å². The second-order valence-electron chi connectivity index (χ2n) is 4.79. The fourth-order valence-corrected chi connectivity index (χ4v) is 2.07. The van der Waals surface area contributed by atoms with Gasteiger partial charge < -0.3 is 11.5 Å². The maximum atomic E-state index is 6.07. The molecule has 0 aromatic carbocycles. The van der Waals surface area contributed by atoms with Gasteiger partial charge in [0.1, 0.15) is 0 Å². The Balaban J connectivity index is 0. The van der Waals surface area contributed by atoms with Gasteiger partial charge >= 0.3 is 0 Å². The second kappa shape index (κ2) is 11.5. The van der Waals surface area contributed by atoms with Gasteiger partial charge in [0, 0.05) is 24.5 Å². The Labute approximate surface area is 129 Å². The summed E-state index contributed by atoms with van der Waals surface area (Å²) in [6.07, 6.45) is 7.74. The summed E-state index contributed by atoms with van der Waals surface area (Å²) in [6.45, 7) is 4.27. The predicted octanol–water partition coefficient (Wildman–Crippen LogP) is 3.26. The summed E-state index contributed by atoms with van der Waals surface area (Å²) in [4.78, 5) is 4.06. The molecule has 3 nitrogen and oxygen atoms in total. The minimum atomic E-state index is 0. The van der Waals surface area contributed by atoms with Crippen molar-refractivity contribution in [3.05, 3.63) is 30.1 Å². The normalized spacial score (nSPS) is 14.7. The molecule has 0 saturated heterocycles. The summed E-state index contributed by atoms with van der Waals surface area (Å²) in [5, 5.41) is 0. The molecule has 2 atom stereocenters. The lowest BCUT2D eigenvalue weighted by atomic mass is 9.86. The minimum Gasteiger partial charge on any atom is -0.328 e. The van der Waals surface area contributed by atoms with Crippen LogP contribution in [0.2, 0.25) is 0 Å². The molecular formula is C14H27Cl2N3. The van der Waals surface area contributed by atoms with Crippen LogP contribution in [-0.4, -0.2) is 17.1 Å². The van der Waals surface area contributed by atoms with Crippen molar-refractivity contribution in [1.82, 2.24) is 4.98 Å².